The van der Waals surface area contributed by atoms with E-state index in [1.54, 1.807) is 0 Å². The Balaban J connectivity index is 1.54. The van der Waals surface area contributed by atoms with Crippen molar-refractivity contribution in [2.24, 2.45) is 0 Å². The van der Waals surface area contributed by atoms with Gasteiger partial charge >= 0.3 is 0 Å². The molecule has 1 saturated heterocycles. The van der Waals surface area contributed by atoms with E-state index in [9.17, 15) is 9.59 Å². The first kappa shape index (κ1) is 19.8. The number of aromatic amines is 1. The van der Waals surface area contributed by atoms with E-state index in [-0.39, 0.29) is 17.5 Å². The highest BCUT2D eigenvalue weighted by molar-refractivity contribution is 5.79. The van der Waals surface area contributed by atoms with Crippen LogP contribution in [-0.2, 0) is 24.2 Å². The first-order valence-electron chi connectivity index (χ1n) is 10.6. The Morgan fingerprint density at radius 1 is 1.24 bits per heavy atom. The van der Waals surface area contributed by atoms with Gasteiger partial charge < -0.3 is 9.88 Å². The lowest BCUT2D eigenvalue weighted by molar-refractivity contribution is -0.131. The van der Waals surface area contributed by atoms with Crippen molar-refractivity contribution < 1.29 is 4.79 Å². The molecule has 1 aromatic carbocycles. The topological polar surface area (TPSA) is 69.3 Å². The van der Waals surface area contributed by atoms with Gasteiger partial charge in [-0.15, -0.1) is 0 Å². The highest BCUT2D eigenvalue weighted by Crippen LogP contribution is 2.31. The quantitative estimate of drug-likeness (QED) is 0.866. The number of carbonyl (C=O) groups is 1. The van der Waals surface area contributed by atoms with Crippen molar-refractivity contribution in [3.63, 3.8) is 0 Å². The van der Waals surface area contributed by atoms with Crippen LogP contribution in [0.1, 0.15) is 60.9 Å². The van der Waals surface area contributed by atoms with E-state index in [1.807, 2.05) is 36.1 Å². The molecule has 1 atom stereocenters. The number of hydrogen-bond donors (Lipinski definition) is 1. The Bertz CT molecular complexity index is 948. The fourth-order valence-corrected chi connectivity index (χ4v) is 4.40. The number of amides is 1. The van der Waals surface area contributed by atoms with Crippen molar-refractivity contribution in [3.8, 4) is 0 Å². The molecular weight excluding hydrogens is 364 g/mol. The van der Waals surface area contributed by atoms with E-state index in [0.29, 0.717) is 24.8 Å². The number of aryl methyl sites for hydroxylation is 1. The third-order valence-electron chi connectivity index (χ3n) is 6.21. The molecule has 6 heteroatoms. The SMILES string of the molecule is Cc1ccc(CC(=O)N2CCC[C@H]2c2nc3c(c(=O)[nH]2)CN(C(C)C)CC3)cc1. The molecule has 0 saturated carbocycles. The van der Waals surface area contributed by atoms with Crippen LogP contribution >= 0.6 is 0 Å². The van der Waals surface area contributed by atoms with Crippen molar-refractivity contribution in [1.82, 2.24) is 19.8 Å². The largest absolute Gasteiger partial charge is 0.332 e. The molecule has 0 aliphatic carbocycles. The van der Waals surface area contributed by atoms with Crippen LogP contribution in [0.3, 0.4) is 0 Å². The predicted octanol–water partition coefficient (Wildman–Crippen LogP) is 2.75. The first-order chi connectivity index (χ1) is 13.9. The molecule has 0 bridgehead atoms. The van der Waals surface area contributed by atoms with Gasteiger partial charge in [-0.25, -0.2) is 4.98 Å². The van der Waals surface area contributed by atoms with Crippen LogP contribution in [0, 0.1) is 6.92 Å². The van der Waals surface area contributed by atoms with Crippen LogP contribution in [0.2, 0.25) is 0 Å². The number of hydrogen-bond acceptors (Lipinski definition) is 4. The zero-order valence-electron chi connectivity index (χ0n) is 17.6. The average molecular weight is 395 g/mol. The molecule has 1 fully saturated rings. The van der Waals surface area contributed by atoms with Crippen molar-refractivity contribution in [2.45, 2.75) is 65.1 Å². The molecule has 2 aliphatic rings. The maximum absolute atomic E-state index is 13.0. The maximum atomic E-state index is 13.0. The van der Waals surface area contributed by atoms with Crippen molar-refractivity contribution in [1.29, 1.82) is 0 Å². The smallest absolute Gasteiger partial charge is 0.255 e. The highest BCUT2D eigenvalue weighted by Gasteiger charge is 2.33. The third kappa shape index (κ3) is 4.13. The number of carbonyl (C=O) groups excluding carboxylic acids is 1. The molecule has 29 heavy (non-hydrogen) atoms. The molecule has 0 spiro atoms. The summed E-state index contributed by atoms with van der Waals surface area (Å²) in [5, 5.41) is 0. The number of nitrogens with zero attached hydrogens (tertiary/aromatic N) is 3. The molecule has 0 radical (unpaired) electrons. The summed E-state index contributed by atoms with van der Waals surface area (Å²) < 4.78 is 0. The number of fused-ring (bicyclic) bond motifs is 1. The molecule has 1 aromatic heterocycles. The second-order valence-electron chi connectivity index (χ2n) is 8.60. The zero-order valence-corrected chi connectivity index (χ0v) is 17.6. The van der Waals surface area contributed by atoms with Gasteiger partial charge in [0.25, 0.3) is 5.56 Å². The van der Waals surface area contributed by atoms with E-state index in [4.69, 9.17) is 4.98 Å². The summed E-state index contributed by atoms with van der Waals surface area (Å²) in [6, 6.07) is 8.37. The number of likely N-dealkylation sites (tertiary alicyclic amines) is 1. The minimum Gasteiger partial charge on any atom is -0.332 e. The summed E-state index contributed by atoms with van der Waals surface area (Å²) in [7, 11) is 0. The number of benzene rings is 1. The molecule has 2 aromatic rings. The summed E-state index contributed by atoms with van der Waals surface area (Å²) in [6.07, 6.45) is 2.95. The van der Waals surface area contributed by atoms with Crippen molar-refractivity contribution in [2.75, 3.05) is 13.1 Å². The minimum absolute atomic E-state index is 0.0480. The second-order valence-corrected chi connectivity index (χ2v) is 8.60. The van der Waals surface area contributed by atoms with Crippen LogP contribution in [0.5, 0.6) is 0 Å². The molecule has 0 unspecified atom stereocenters. The van der Waals surface area contributed by atoms with Gasteiger partial charge in [0.05, 0.1) is 23.7 Å². The Kier molecular flexibility index (Phi) is 5.54. The van der Waals surface area contributed by atoms with E-state index >= 15 is 0 Å². The van der Waals surface area contributed by atoms with E-state index < -0.39 is 0 Å². The monoisotopic (exact) mass is 394 g/mol. The van der Waals surface area contributed by atoms with Crippen LogP contribution in [0.25, 0.3) is 0 Å². The highest BCUT2D eigenvalue weighted by atomic mass is 16.2. The lowest BCUT2D eigenvalue weighted by Crippen LogP contribution is -2.40. The third-order valence-corrected chi connectivity index (χ3v) is 6.21. The zero-order chi connectivity index (χ0) is 20.5. The minimum atomic E-state index is -0.130. The van der Waals surface area contributed by atoms with Crippen molar-refractivity contribution in [3.05, 3.63) is 62.8 Å². The van der Waals surface area contributed by atoms with Crippen LogP contribution in [0.15, 0.2) is 29.1 Å². The molecule has 6 nitrogen and oxygen atoms in total. The molecule has 3 heterocycles. The number of nitrogens with one attached hydrogen (secondary N) is 1. The summed E-state index contributed by atoms with van der Waals surface area (Å²) in [6.45, 7) is 8.63. The molecular formula is C23H30N4O2. The van der Waals surface area contributed by atoms with Crippen LogP contribution in [-0.4, -0.2) is 44.8 Å². The van der Waals surface area contributed by atoms with Crippen LogP contribution in [0.4, 0.5) is 0 Å². The summed E-state index contributed by atoms with van der Waals surface area (Å²) >= 11 is 0. The van der Waals surface area contributed by atoms with Gasteiger partial charge in [0.1, 0.15) is 5.82 Å². The lowest BCUT2D eigenvalue weighted by Gasteiger charge is -2.31. The fourth-order valence-electron chi connectivity index (χ4n) is 4.40. The van der Waals surface area contributed by atoms with Gasteiger partial charge in [0.15, 0.2) is 0 Å². The van der Waals surface area contributed by atoms with Gasteiger partial charge in [0, 0.05) is 32.1 Å². The Morgan fingerprint density at radius 3 is 2.72 bits per heavy atom. The number of aromatic nitrogens is 2. The van der Waals surface area contributed by atoms with Crippen LogP contribution < -0.4 is 5.56 Å². The Labute approximate surface area is 172 Å². The number of H-pyrrole nitrogens is 1. The first-order valence-corrected chi connectivity index (χ1v) is 10.6. The van der Waals surface area contributed by atoms with Gasteiger partial charge in [-0.05, 0) is 39.2 Å². The van der Waals surface area contributed by atoms with E-state index in [2.05, 4.69) is 23.7 Å². The second kappa shape index (κ2) is 8.11. The van der Waals surface area contributed by atoms with E-state index in [1.165, 1.54) is 5.56 Å². The molecule has 2 aliphatic heterocycles. The molecule has 154 valence electrons. The lowest BCUT2D eigenvalue weighted by atomic mass is 10.0. The summed E-state index contributed by atoms with van der Waals surface area (Å²) in [5.74, 6) is 0.754. The standard InChI is InChI=1S/C23H30N4O2/c1-15(2)26-12-10-19-18(14-26)23(29)25-22(24-19)20-5-4-11-27(20)21(28)13-17-8-6-16(3)7-9-17/h6-9,15,20H,4-5,10-14H2,1-3H3,(H,24,25,29)/t20-/m0/s1. The van der Waals surface area contributed by atoms with Gasteiger partial charge in [-0.3, -0.25) is 14.5 Å². The summed E-state index contributed by atoms with van der Waals surface area (Å²) in [5.41, 5.74) is 3.84. The summed E-state index contributed by atoms with van der Waals surface area (Å²) in [4.78, 5) is 37.8. The van der Waals surface area contributed by atoms with Crippen molar-refractivity contribution >= 4 is 5.91 Å². The molecule has 1 N–H and O–H groups in total. The van der Waals surface area contributed by atoms with Gasteiger partial charge in [0.2, 0.25) is 5.91 Å². The fraction of sp³-hybridized carbons (Fsp3) is 0.522. The normalized spacial score (nSPS) is 19.6. The maximum Gasteiger partial charge on any atom is 0.255 e. The Morgan fingerprint density at radius 2 is 2.00 bits per heavy atom. The average Bonchev–Trinajstić information content (AvgIpc) is 3.19. The van der Waals surface area contributed by atoms with Gasteiger partial charge in [-0.1, -0.05) is 29.8 Å². The molecule has 4 rings (SSSR count). The van der Waals surface area contributed by atoms with Gasteiger partial charge in [-0.2, -0.15) is 0 Å². The molecule has 1 amide bonds. The number of rotatable bonds is 4. The Hall–Kier alpha value is -2.47. The van der Waals surface area contributed by atoms with E-state index in [0.717, 1.165) is 49.2 Å². The predicted molar refractivity (Wildman–Crippen MR) is 113 cm³/mol.